The normalized spacial score (nSPS) is 17.3. The van der Waals surface area contributed by atoms with Crippen molar-refractivity contribution >= 4 is 46.7 Å². The average molecular weight is 762 g/mol. The number of amidine groups is 7. The van der Waals surface area contributed by atoms with Crippen molar-refractivity contribution in [3.8, 4) is 18.2 Å². The standard InChI is InChI=1S/C36H40N16.Zn/c1-9-49(10-2)25-21(17-37)29-41-33(25)45-30-22(18-38)26(50(11-3)12-4)35(42-30)47-32-24(20-40)28(52(15-7)16-8)36(44-32)48-31-23(19-39)27(34(43-31)46-29)51(13-5)14-6;/h9-16H2,1-8H3;/q-2;+2. The van der Waals surface area contributed by atoms with E-state index in [2.05, 4.69) is 24.1 Å². The van der Waals surface area contributed by atoms with Crippen molar-refractivity contribution in [3.05, 3.63) is 61.6 Å². The van der Waals surface area contributed by atoms with Crippen molar-refractivity contribution in [2.75, 3.05) is 52.4 Å². The second-order valence-electron chi connectivity index (χ2n) is 11.5. The Bertz CT molecular complexity index is 2090. The molecule has 0 aromatic heterocycles. The van der Waals surface area contributed by atoms with Crippen LogP contribution < -0.4 is 0 Å². The van der Waals surface area contributed by atoms with Gasteiger partial charge in [-0.25, -0.2) is 25.0 Å². The number of likely N-dealkylation sites (N-methyl/N-ethyl adjacent to an activating group) is 4. The number of nitriles is 3. The van der Waals surface area contributed by atoms with Gasteiger partial charge in [0.05, 0.1) is 28.2 Å². The van der Waals surface area contributed by atoms with Crippen molar-refractivity contribution in [1.82, 2.24) is 19.6 Å². The quantitative estimate of drug-likeness (QED) is 0.208. The minimum Gasteiger partial charge on any atom is -0.763 e. The molecule has 0 atom stereocenters. The molecule has 266 valence electrons. The van der Waals surface area contributed by atoms with E-state index in [-0.39, 0.29) is 88.4 Å². The molecule has 0 aromatic carbocycles. The number of nitrogens with zero attached hydrogens (tertiary/aromatic N) is 16. The van der Waals surface area contributed by atoms with Gasteiger partial charge in [-0.05, 0) is 55.4 Å². The summed E-state index contributed by atoms with van der Waals surface area (Å²) in [6.45, 7) is 19.9. The van der Waals surface area contributed by atoms with Crippen molar-refractivity contribution < 1.29 is 19.5 Å². The summed E-state index contributed by atoms with van der Waals surface area (Å²) in [5.74, 6) is 3.09. The first-order valence-electron chi connectivity index (χ1n) is 17.6. The molecule has 16 nitrogen and oxygen atoms in total. The van der Waals surface area contributed by atoms with Crippen LogP contribution in [0, 0.1) is 34.0 Å². The summed E-state index contributed by atoms with van der Waals surface area (Å²) in [7, 11) is 0. The molecule has 0 saturated heterocycles. The molecule has 5 rings (SSSR count). The van der Waals surface area contributed by atoms with Crippen LogP contribution in [0.1, 0.15) is 55.4 Å². The molecule has 0 aliphatic carbocycles. The Hall–Kier alpha value is -5.81. The summed E-state index contributed by atoms with van der Waals surface area (Å²) in [6, 6.07) is 6.84. The van der Waals surface area contributed by atoms with Crippen molar-refractivity contribution in [2.45, 2.75) is 55.4 Å². The molecule has 5 aliphatic rings. The molecule has 53 heavy (non-hydrogen) atoms. The second kappa shape index (κ2) is 17.1. The molecule has 8 bridgehead atoms. The number of fused-ring (bicyclic) bond motifs is 4. The van der Waals surface area contributed by atoms with E-state index in [0.29, 0.717) is 75.1 Å². The first kappa shape index (κ1) is 40.0. The number of rotatable bonds is 12. The van der Waals surface area contributed by atoms with Crippen molar-refractivity contribution in [3.63, 3.8) is 0 Å². The van der Waals surface area contributed by atoms with Crippen molar-refractivity contribution in [2.24, 2.45) is 34.9 Å². The van der Waals surface area contributed by atoms with Gasteiger partial charge in [-0.3, -0.25) is 5.87 Å². The molecule has 0 unspecified atom stereocenters. The van der Waals surface area contributed by atoms with Crippen LogP contribution in [0.2, 0.25) is 0 Å². The molecule has 17 heteroatoms. The monoisotopic (exact) mass is 760 g/mol. The molecule has 0 radical (unpaired) electrons. The number of hydrogen-bond acceptors (Lipinski definition) is 14. The maximum absolute atomic E-state index is 10.6. The molecule has 0 amide bonds. The molecule has 0 spiro atoms. The van der Waals surface area contributed by atoms with Gasteiger partial charge in [0.25, 0.3) is 0 Å². The van der Waals surface area contributed by atoms with Gasteiger partial charge < -0.3 is 40.3 Å². The Morgan fingerprint density at radius 2 is 0.849 bits per heavy atom. The first-order chi connectivity index (χ1) is 25.2. The Balaban J connectivity index is 0.00000627. The van der Waals surface area contributed by atoms with E-state index in [0.717, 1.165) is 0 Å². The fourth-order valence-electron chi connectivity index (χ4n) is 6.51. The Morgan fingerprint density at radius 1 is 0.472 bits per heavy atom. The van der Waals surface area contributed by atoms with Gasteiger partial charge in [0.15, 0.2) is 23.3 Å². The van der Waals surface area contributed by atoms with E-state index >= 15 is 0 Å². The van der Waals surface area contributed by atoms with Crippen LogP contribution in [0.25, 0.3) is 10.7 Å². The Kier molecular flexibility index (Phi) is 12.9. The maximum atomic E-state index is 10.6. The smallest absolute Gasteiger partial charge is 0.763 e. The van der Waals surface area contributed by atoms with Crippen LogP contribution in [0.5, 0.6) is 0 Å². The van der Waals surface area contributed by atoms with Crippen LogP contribution in [0.4, 0.5) is 0 Å². The summed E-state index contributed by atoms with van der Waals surface area (Å²) in [5.41, 5.74) is 2.41. The topological polar surface area (TPSA) is 207 Å². The number of hydrogen-bond donors (Lipinski definition) is 0. The van der Waals surface area contributed by atoms with E-state index in [1.807, 2.05) is 75.0 Å². The van der Waals surface area contributed by atoms with E-state index in [1.165, 1.54) is 0 Å². The second-order valence-corrected chi connectivity index (χ2v) is 11.5. The summed E-state index contributed by atoms with van der Waals surface area (Å²) in [6.07, 6.45) is 0. The molecular weight excluding hydrogens is 722 g/mol. The van der Waals surface area contributed by atoms with E-state index in [4.69, 9.17) is 40.3 Å². The summed E-state index contributed by atoms with van der Waals surface area (Å²) in [4.78, 5) is 41.3. The third-order valence-electron chi connectivity index (χ3n) is 9.15. The van der Waals surface area contributed by atoms with E-state index < -0.39 is 0 Å². The first-order valence-corrected chi connectivity index (χ1v) is 17.6. The van der Waals surface area contributed by atoms with Gasteiger partial charge in [-0.15, -0.1) is 0 Å². The molecule has 5 heterocycles. The van der Waals surface area contributed by atoms with Gasteiger partial charge in [0, 0.05) is 64.0 Å². The Morgan fingerprint density at radius 3 is 1.36 bits per heavy atom. The molecule has 0 aromatic rings. The van der Waals surface area contributed by atoms with Gasteiger partial charge in [-0.1, -0.05) is 0 Å². The van der Waals surface area contributed by atoms with Crippen LogP contribution in [0.3, 0.4) is 0 Å². The molecular formula is C36H40N16Zn. The van der Waals surface area contributed by atoms with Gasteiger partial charge in [-0.2, -0.15) is 15.8 Å². The van der Waals surface area contributed by atoms with Gasteiger partial charge in [0.2, 0.25) is 0 Å². The van der Waals surface area contributed by atoms with Gasteiger partial charge >= 0.3 is 19.5 Å². The molecule has 0 N–H and O–H groups in total. The Labute approximate surface area is 323 Å². The summed E-state index contributed by atoms with van der Waals surface area (Å²) in [5, 5.41) is 47.1. The minimum absolute atomic E-state index is 0. The van der Waals surface area contributed by atoms with Crippen molar-refractivity contribution in [1.29, 1.82) is 15.8 Å². The third kappa shape index (κ3) is 6.92. The van der Waals surface area contributed by atoms with E-state index in [1.54, 1.807) is 0 Å². The number of aliphatic imine (C=N–C) groups is 7. The fraction of sp³-hybridized carbons (Fsp3) is 0.444. The largest absolute Gasteiger partial charge is 2.00 e. The summed E-state index contributed by atoms with van der Waals surface area (Å²) >= 11 is 0. The molecule has 5 aliphatic heterocycles. The fourth-order valence-corrected chi connectivity index (χ4v) is 6.51. The zero-order valence-electron chi connectivity index (χ0n) is 31.5. The summed E-state index contributed by atoms with van der Waals surface area (Å²) < 4.78 is 0. The minimum atomic E-state index is 0. The van der Waals surface area contributed by atoms with Gasteiger partial charge in [0.1, 0.15) is 46.7 Å². The zero-order valence-corrected chi connectivity index (χ0v) is 34.5. The molecule has 0 fully saturated rings. The average Bonchev–Trinajstić information content (AvgIpc) is 3.88. The zero-order chi connectivity index (χ0) is 37.7. The SMILES string of the molecule is CCN(CC)C1=C2N=C(N=C3N=C(N=C4N=C([N-]C5=NC(=N2)C(C#N)=C5N(CC)CC)C(C#N)=C4N(CC)CC)C(C#N)=C3N(CC)CC)C1=C=[N-].[Zn+2]. The predicted octanol–water partition coefficient (Wildman–Crippen LogP) is 4.25. The van der Waals surface area contributed by atoms with Crippen LogP contribution in [-0.2, 0) is 19.5 Å². The predicted molar refractivity (Wildman–Crippen MR) is 204 cm³/mol. The van der Waals surface area contributed by atoms with Crippen LogP contribution >= 0.6 is 0 Å². The van der Waals surface area contributed by atoms with Crippen LogP contribution in [0.15, 0.2) is 85.8 Å². The maximum Gasteiger partial charge on any atom is 2.00 e. The van der Waals surface area contributed by atoms with Crippen LogP contribution in [-0.4, -0.2) is 119 Å². The molecule has 0 saturated carbocycles. The van der Waals surface area contributed by atoms with E-state index in [9.17, 15) is 21.2 Å². The third-order valence-corrected chi connectivity index (χ3v) is 9.15.